The van der Waals surface area contributed by atoms with E-state index in [0.29, 0.717) is 22.3 Å². The first-order valence-electron chi connectivity index (χ1n) is 7.27. The summed E-state index contributed by atoms with van der Waals surface area (Å²) in [5.74, 6) is -1.48. The number of quaternary nitrogens is 1. The van der Waals surface area contributed by atoms with E-state index in [1.54, 1.807) is 24.3 Å². The summed E-state index contributed by atoms with van der Waals surface area (Å²) in [7, 11) is 5.80. The van der Waals surface area contributed by atoms with E-state index < -0.39 is 12.0 Å². The van der Waals surface area contributed by atoms with Gasteiger partial charge in [-0.2, -0.15) is 0 Å². The van der Waals surface area contributed by atoms with Crippen molar-refractivity contribution in [1.29, 1.82) is 0 Å². The molecule has 0 radical (unpaired) electrons. The Bertz CT molecular complexity index is 576. The average molecular weight is 322 g/mol. The SMILES string of the molecule is CC(=O)Nc1ccc(C(=O)NC(CC(=O)O)C[N+](C)(C)C)cc1. The van der Waals surface area contributed by atoms with E-state index in [9.17, 15) is 14.4 Å². The highest BCUT2D eigenvalue weighted by atomic mass is 16.4. The largest absolute Gasteiger partial charge is 0.481 e. The Balaban J connectivity index is 2.77. The summed E-state index contributed by atoms with van der Waals surface area (Å²) < 4.78 is 0.541. The second-order valence-electron chi connectivity index (χ2n) is 6.50. The van der Waals surface area contributed by atoms with Gasteiger partial charge in [0.1, 0.15) is 0 Å². The number of rotatable bonds is 7. The van der Waals surface area contributed by atoms with Crippen molar-refractivity contribution in [1.82, 2.24) is 5.32 Å². The van der Waals surface area contributed by atoms with Gasteiger partial charge in [0.2, 0.25) is 5.91 Å². The molecular weight excluding hydrogens is 298 g/mol. The number of amides is 2. The number of carboxylic acid groups (broad SMARTS) is 1. The number of benzene rings is 1. The molecule has 0 fully saturated rings. The Hall–Kier alpha value is -2.41. The van der Waals surface area contributed by atoms with Crippen molar-refractivity contribution in [2.45, 2.75) is 19.4 Å². The van der Waals surface area contributed by atoms with Crippen LogP contribution in [0.3, 0.4) is 0 Å². The smallest absolute Gasteiger partial charge is 0.305 e. The van der Waals surface area contributed by atoms with Crippen molar-refractivity contribution in [3.8, 4) is 0 Å². The molecule has 1 rings (SSSR count). The van der Waals surface area contributed by atoms with Crippen LogP contribution in [0, 0.1) is 0 Å². The summed E-state index contributed by atoms with van der Waals surface area (Å²) in [6.45, 7) is 1.91. The van der Waals surface area contributed by atoms with Gasteiger partial charge in [-0.1, -0.05) is 0 Å². The highest BCUT2D eigenvalue weighted by molar-refractivity contribution is 5.95. The molecule has 1 atom stereocenters. The van der Waals surface area contributed by atoms with Crippen LogP contribution in [0.5, 0.6) is 0 Å². The lowest BCUT2D eigenvalue weighted by Gasteiger charge is -2.29. The minimum absolute atomic E-state index is 0.134. The number of likely N-dealkylation sites (N-methyl/N-ethyl adjacent to an activating group) is 1. The van der Waals surface area contributed by atoms with Crippen LogP contribution in [0.2, 0.25) is 0 Å². The van der Waals surface area contributed by atoms with E-state index in [0.717, 1.165) is 0 Å². The molecule has 0 heterocycles. The van der Waals surface area contributed by atoms with Gasteiger partial charge in [0, 0.05) is 18.2 Å². The third-order valence-electron chi connectivity index (χ3n) is 2.99. The lowest BCUT2D eigenvalue weighted by Crippen LogP contribution is -2.49. The van der Waals surface area contributed by atoms with Crippen LogP contribution < -0.4 is 10.6 Å². The summed E-state index contributed by atoms with van der Waals surface area (Å²) in [6.07, 6.45) is -0.134. The van der Waals surface area contributed by atoms with E-state index in [2.05, 4.69) is 10.6 Å². The van der Waals surface area contributed by atoms with Crippen molar-refractivity contribution in [2.24, 2.45) is 0 Å². The Labute approximate surface area is 135 Å². The zero-order valence-corrected chi connectivity index (χ0v) is 13.9. The molecule has 1 aromatic rings. The molecule has 23 heavy (non-hydrogen) atoms. The lowest BCUT2D eigenvalue weighted by molar-refractivity contribution is -0.871. The van der Waals surface area contributed by atoms with Gasteiger partial charge in [0.05, 0.1) is 40.2 Å². The van der Waals surface area contributed by atoms with Crippen molar-refractivity contribution < 1.29 is 24.0 Å². The van der Waals surface area contributed by atoms with Crippen LogP contribution in [-0.2, 0) is 9.59 Å². The number of nitrogens with one attached hydrogen (secondary N) is 2. The van der Waals surface area contributed by atoms with Crippen LogP contribution in [0.1, 0.15) is 23.7 Å². The number of hydrogen-bond acceptors (Lipinski definition) is 3. The van der Waals surface area contributed by atoms with Gasteiger partial charge in [0.15, 0.2) is 0 Å². The fourth-order valence-electron chi connectivity index (χ4n) is 2.21. The second kappa shape index (κ2) is 7.73. The molecule has 0 aliphatic heterocycles. The molecule has 1 aromatic carbocycles. The molecule has 2 amide bonds. The zero-order valence-electron chi connectivity index (χ0n) is 13.9. The first-order valence-corrected chi connectivity index (χ1v) is 7.27. The minimum Gasteiger partial charge on any atom is -0.481 e. The third kappa shape index (κ3) is 7.42. The van der Waals surface area contributed by atoms with Crippen LogP contribution in [0.15, 0.2) is 24.3 Å². The summed E-state index contributed by atoms with van der Waals surface area (Å²) in [4.78, 5) is 34.2. The minimum atomic E-state index is -0.954. The van der Waals surface area contributed by atoms with Crippen LogP contribution in [0.4, 0.5) is 5.69 Å². The number of hydrogen-bond donors (Lipinski definition) is 3. The van der Waals surface area contributed by atoms with Crippen LogP contribution in [-0.4, -0.2) is 61.1 Å². The number of carbonyl (C=O) groups excluding carboxylic acids is 2. The molecule has 0 saturated carbocycles. The number of carboxylic acids is 1. The molecule has 7 heteroatoms. The number of anilines is 1. The molecule has 0 spiro atoms. The topological polar surface area (TPSA) is 95.5 Å². The third-order valence-corrected chi connectivity index (χ3v) is 2.99. The predicted molar refractivity (Wildman–Crippen MR) is 87.2 cm³/mol. The van der Waals surface area contributed by atoms with Gasteiger partial charge < -0.3 is 20.2 Å². The van der Waals surface area contributed by atoms with Crippen LogP contribution >= 0.6 is 0 Å². The molecule has 0 aliphatic rings. The quantitative estimate of drug-likeness (QED) is 0.651. The molecule has 0 saturated heterocycles. The summed E-state index contributed by atoms with van der Waals surface area (Å²) >= 11 is 0. The summed E-state index contributed by atoms with van der Waals surface area (Å²) in [5, 5.41) is 14.4. The normalized spacial score (nSPS) is 12.3. The zero-order chi connectivity index (χ0) is 17.6. The number of aliphatic carboxylic acids is 1. The number of nitrogens with zero attached hydrogens (tertiary/aromatic N) is 1. The Morgan fingerprint density at radius 1 is 1.13 bits per heavy atom. The van der Waals surface area contributed by atoms with Gasteiger partial charge >= 0.3 is 5.97 Å². The molecule has 0 bridgehead atoms. The van der Waals surface area contributed by atoms with E-state index in [1.165, 1.54) is 6.92 Å². The Morgan fingerprint density at radius 3 is 2.13 bits per heavy atom. The molecular formula is C16H24N3O4+. The van der Waals surface area contributed by atoms with Crippen molar-refractivity contribution in [3.05, 3.63) is 29.8 Å². The monoisotopic (exact) mass is 322 g/mol. The first-order chi connectivity index (χ1) is 10.6. The van der Waals surface area contributed by atoms with E-state index in [-0.39, 0.29) is 18.2 Å². The molecule has 0 aliphatic carbocycles. The predicted octanol–water partition coefficient (Wildman–Crippen LogP) is 0.924. The highest BCUT2D eigenvalue weighted by Crippen LogP contribution is 2.10. The van der Waals surface area contributed by atoms with Crippen molar-refractivity contribution >= 4 is 23.5 Å². The summed E-state index contributed by atoms with van der Waals surface area (Å²) in [6, 6.07) is 5.97. The maximum absolute atomic E-state index is 12.3. The van der Waals surface area contributed by atoms with Gasteiger partial charge in [-0.05, 0) is 24.3 Å². The Kier molecular flexibility index (Phi) is 6.27. The molecule has 0 aromatic heterocycles. The van der Waals surface area contributed by atoms with Crippen LogP contribution in [0.25, 0.3) is 0 Å². The summed E-state index contributed by atoms with van der Waals surface area (Å²) in [5.41, 5.74) is 1.01. The fourth-order valence-corrected chi connectivity index (χ4v) is 2.21. The van der Waals surface area contributed by atoms with Gasteiger partial charge in [-0.25, -0.2) is 0 Å². The molecule has 1 unspecified atom stereocenters. The van der Waals surface area contributed by atoms with E-state index in [1.807, 2.05) is 21.1 Å². The second-order valence-corrected chi connectivity index (χ2v) is 6.50. The maximum Gasteiger partial charge on any atom is 0.305 e. The van der Waals surface area contributed by atoms with Gasteiger partial charge in [0.25, 0.3) is 5.91 Å². The number of carbonyl (C=O) groups is 3. The van der Waals surface area contributed by atoms with Crippen molar-refractivity contribution in [3.63, 3.8) is 0 Å². The van der Waals surface area contributed by atoms with E-state index >= 15 is 0 Å². The molecule has 7 nitrogen and oxygen atoms in total. The lowest BCUT2D eigenvalue weighted by atomic mass is 10.1. The fraction of sp³-hybridized carbons (Fsp3) is 0.438. The highest BCUT2D eigenvalue weighted by Gasteiger charge is 2.23. The molecule has 3 N–H and O–H groups in total. The first kappa shape index (κ1) is 18.6. The molecule has 126 valence electrons. The maximum atomic E-state index is 12.3. The van der Waals surface area contributed by atoms with Gasteiger partial charge in [-0.15, -0.1) is 0 Å². The van der Waals surface area contributed by atoms with Gasteiger partial charge in [-0.3, -0.25) is 14.4 Å². The Morgan fingerprint density at radius 2 is 1.70 bits per heavy atom. The average Bonchev–Trinajstić information content (AvgIpc) is 2.35. The van der Waals surface area contributed by atoms with E-state index in [4.69, 9.17) is 5.11 Å². The standard InChI is InChI=1S/C16H23N3O4/c1-11(20)17-13-7-5-12(6-8-13)16(23)18-14(9-15(21)22)10-19(2,3)4/h5-8,14H,9-10H2,1-4H3,(H2-,17,18,20,21,22,23)/p+1. The van der Waals surface area contributed by atoms with Crippen molar-refractivity contribution in [2.75, 3.05) is 33.0 Å².